The molecule has 1 N–H and O–H groups in total. The largest absolute Gasteiger partial charge is 0.316 e. The van der Waals surface area contributed by atoms with Crippen LogP contribution in [-0.2, 0) is 0 Å². The summed E-state index contributed by atoms with van der Waals surface area (Å²) in [5, 5.41) is 4.31. The van der Waals surface area contributed by atoms with Crippen LogP contribution in [0.1, 0.15) is 19.3 Å². The lowest BCUT2D eigenvalue weighted by atomic mass is 9.80. The van der Waals surface area contributed by atoms with Gasteiger partial charge >= 0.3 is 0 Å². The summed E-state index contributed by atoms with van der Waals surface area (Å²) < 4.78 is 12.8. The fourth-order valence-electron chi connectivity index (χ4n) is 2.26. The molecule has 64 valence electrons. The van der Waals surface area contributed by atoms with Crippen molar-refractivity contribution in [1.82, 2.24) is 10.4 Å². The molecular formula is C8H15FN2. The van der Waals surface area contributed by atoms with Gasteiger partial charge in [-0.25, -0.2) is 0 Å². The average molecular weight is 158 g/mol. The Labute approximate surface area is 66.7 Å². The number of hydrogen-bond acceptors (Lipinski definition) is 2. The molecule has 2 fully saturated rings. The molecular weight excluding hydrogens is 143 g/mol. The minimum absolute atomic E-state index is 0.285. The van der Waals surface area contributed by atoms with E-state index in [4.69, 9.17) is 0 Å². The predicted octanol–water partition coefficient (Wildman–Crippen LogP) is 0.946. The van der Waals surface area contributed by atoms with Gasteiger partial charge in [0.1, 0.15) is 0 Å². The van der Waals surface area contributed by atoms with Crippen LogP contribution in [0.25, 0.3) is 0 Å². The highest BCUT2D eigenvalue weighted by atomic mass is 19.2. The first-order valence-electron chi connectivity index (χ1n) is 4.42. The molecule has 2 rings (SSSR count). The molecule has 0 amide bonds. The summed E-state index contributed by atoms with van der Waals surface area (Å²) in [6, 6.07) is 0. The van der Waals surface area contributed by atoms with E-state index >= 15 is 0 Å². The Morgan fingerprint density at radius 3 is 2.82 bits per heavy atom. The molecule has 2 aliphatic heterocycles. The Morgan fingerprint density at radius 1 is 1.36 bits per heavy atom. The quantitative estimate of drug-likeness (QED) is 0.528. The minimum Gasteiger partial charge on any atom is -0.316 e. The Hall–Kier alpha value is -0.150. The van der Waals surface area contributed by atoms with Gasteiger partial charge in [0.05, 0.1) is 0 Å². The first-order valence-corrected chi connectivity index (χ1v) is 4.42. The lowest BCUT2D eigenvalue weighted by Crippen LogP contribution is -2.41. The van der Waals surface area contributed by atoms with Gasteiger partial charge in [-0.2, -0.15) is 0 Å². The number of halogens is 1. The molecule has 3 heteroatoms. The molecule has 2 saturated heterocycles. The summed E-state index contributed by atoms with van der Waals surface area (Å²) in [6.07, 6.45) is 3.46. The number of hydrogen-bond donors (Lipinski definition) is 1. The summed E-state index contributed by atoms with van der Waals surface area (Å²) in [5.41, 5.74) is 0.285. The van der Waals surface area contributed by atoms with Gasteiger partial charge in [-0.15, -0.1) is 9.60 Å². The molecule has 0 aliphatic carbocycles. The summed E-state index contributed by atoms with van der Waals surface area (Å²) in [4.78, 5) is 0. The van der Waals surface area contributed by atoms with Crippen LogP contribution in [-0.4, -0.2) is 31.3 Å². The zero-order chi connectivity index (χ0) is 7.73. The summed E-state index contributed by atoms with van der Waals surface area (Å²) in [6.45, 7) is 3.43. The monoisotopic (exact) mass is 158 g/mol. The highest BCUT2D eigenvalue weighted by molar-refractivity contribution is 4.91. The van der Waals surface area contributed by atoms with Crippen LogP contribution in [0.4, 0.5) is 4.48 Å². The van der Waals surface area contributed by atoms with E-state index in [2.05, 4.69) is 5.32 Å². The fourth-order valence-corrected chi connectivity index (χ4v) is 2.26. The summed E-state index contributed by atoms with van der Waals surface area (Å²) >= 11 is 0. The Balaban J connectivity index is 1.98. The molecule has 0 radical (unpaired) electrons. The standard InChI is InChI=1S/C8H15FN2/c9-11-5-3-8(7-11)2-1-4-10-6-8/h10H,1-7H2. The highest BCUT2D eigenvalue weighted by Gasteiger charge is 2.39. The van der Waals surface area contributed by atoms with Crippen LogP contribution in [0.5, 0.6) is 0 Å². The third-order valence-corrected chi connectivity index (χ3v) is 2.95. The van der Waals surface area contributed by atoms with Gasteiger partial charge in [-0.1, -0.05) is 0 Å². The van der Waals surface area contributed by atoms with Crippen molar-refractivity contribution in [3.05, 3.63) is 0 Å². The summed E-state index contributed by atoms with van der Waals surface area (Å²) in [7, 11) is 0. The fraction of sp³-hybridized carbons (Fsp3) is 1.00. The van der Waals surface area contributed by atoms with Gasteiger partial charge in [0.2, 0.25) is 0 Å². The van der Waals surface area contributed by atoms with Gasteiger partial charge in [0, 0.05) is 19.6 Å². The van der Waals surface area contributed by atoms with Gasteiger partial charge < -0.3 is 5.32 Å². The molecule has 2 heterocycles. The number of nitrogens with one attached hydrogen (secondary N) is 1. The van der Waals surface area contributed by atoms with Crippen molar-refractivity contribution in [2.75, 3.05) is 26.2 Å². The Morgan fingerprint density at radius 2 is 2.27 bits per heavy atom. The van der Waals surface area contributed by atoms with Crippen LogP contribution in [0.2, 0.25) is 0 Å². The number of rotatable bonds is 0. The van der Waals surface area contributed by atoms with E-state index < -0.39 is 0 Å². The van der Waals surface area contributed by atoms with Crippen LogP contribution in [0, 0.1) is 5.41 Å². The van der Waals surface area contributed by atoms with Crippen LogP contribution < -0.4 is 5.32 Å². The van der Waals surface area contributed by atoms with Crippen molar-refractivity contribution in [3.63, 3.8) is 0 Å². The third-order valence-electron chi connectivity index (χ3n) is 2.95. The molecule has 0 bridgehead atoms. The van der Waals surface area contributed by atoms with Crippen LogP contribution in [0.3, 0.4) is 0 Å². The average Bonchev–Trinajstić information content (AvgIpc) is 2.34. The van der Waals surface area contributed by atoms with Crippen molar-refractivity contribution < 1.29 is 4.48 Å². The van der Waals surface area contributed by atoms with E-state index in [0.717, 1.165) is 24.6 Å². The van der Waals surface area contributed by atoms with Gasteiger partial charge in [0.15, 0.2) is 0 Å². The molecule has 0 aromatic rings. The number of nitrogens with zero attached hydrogens (tertiary/aromatic N) is 1. The van der Waals surface area contributed by atoms with E-state index in [1.807, 2.05) is 0 Å². The molecule has 0 aromatic carbocycles. The predicted molar refractivity (Wildman–Crippen MR) is 41.8 cm³/mol. The molecule has 11 heavy (non-hydrogen) atoms. The lowest BCUT2D eigenvalue weighted by molar-refractivity contribution is 0.0364. The second-order valence-electron chi connectivity index (χ2n) is 3.87. The first-order chi connectivity index (χ1) is 5.31. The van der Waals surface area contributed by atoms with Crippen molar-refractivity contribution >= 4 is 0 Å². The van der Waals surface area contributed by atoms with Crippen LogP contribution >= 0.6 is 0 Å². The molecule has 1 atom stereocenters. The van der Waals surface area contributed by atoms with E-state index in [1.165, 1.54) is 12.8 Å². The molecule has 1 unspecified atom stereocenters. The zero-order valence-electron chi connectivity index (χ0n) is 6.77. The van der Waals surface area contributed by atoms with E-state index in [1.54, 1.807) is 0 Å². The maximum absolute atomic E-state index is 12.8. The first kappa shape index (κ1) is 7.50. The topological polar surface area (TPSA) is 15.3 Å². The SMILES string of the molecule is FN1CCC2(CCCNC2)C1. The molecule has 2 aliphatic rings. The Bertz CT molecular complexity index is 138. The van der Waals surface area contributed by atoms with Crippen molar-refractivity contribution in [2.45, 2.75) is 19.3 Å². The van der Waals surface area contributed by atoms with Gasteiger partial charge in [-0.3, -0.25) is 0 Å². The second-order valence-corrected chi connectivity index (χ2v) is 3.87. The van der Waals surface area contributed by atoms with E-state index in [-0.39, 0.29) is 5.41 Å². The normalized spacial score (nSPS) is 40.1. The minimum atomic E-state index is 0.285. The lowest BCUT2D eigenvalue weighted by Gasteiger charge is -2.32. The van der Waals surface area contributed by atoms with Crippen molar-refractivity contribution in [1.29, 1.82) is 0 Å². The summed E-state index contributed by atoms with van der Waals surface area (Å²) in [5.74, 6) is 0. The van der Waals surface area contributed by atoms with Gasteiger partial charge in [-0.05, 0) is 31.2 Å². The maximum atomic E-state index is 12.8. The molecule has 1 spiro atoms. The second kappa shape index (κ2) is 2.72. The van der Waals surface area contributed by atoms with Gasteiger partial charge in [0.25, 0.3) is 0 Å². The molecule has 2 nitrogen and oxygen atoms in total. The van der Waals surface area contributed by atoms with E-state index in [9.17, 15) is 4.48 Å². The van der Waals surface area contributed by atoms with Crippen molar-refractivity contribution in [3.8, 4) is 0 Å². The van der Waals surface area contributed by atoms with E-state index in [0.29, 0.717) is 13.1 Å². The number of piperidine rings is 1. The Kier molecular flexibility index (Phi) is 1.85. The smallest absolute Gasteiger partial charge is 0.0359 e. The zero-order valence-corrected chi connectivity index (χ0v) is 6.77. The van der Waals surface area contributed by atoms with Crippen molar-refractivity contribution in [2.24, 2.45) is 5.41 Å². The van der Waals surface area contributed by atoms with Crippen LogP contribution in [0.15, 0.2) is 0 Å². The molecule has 0 saturated carbocycles. The third kappa shape index (κ3) is 1.40. The maximum Gasteiger partial charge on any atom is 0.0359 e. The molecule has 0 aromatic heterocycles. The highest BCUT2D eigenvalue weighted by Crippen LogP contribution is 2.36.